The average molecular weight is 480 g/mol. The van der Waals surface area contributed by atoms with Crippen molar-refractivity contribution < 1.29 is 31.5 Å². The highest BCUT2D eigenvalue weighted by Gasteiger charge is 2.35. The molecule has 0 bridgehead atoms. The van der Waals surface area contributed by atoms with Gasteiger partial charge in [-0.3, -0.25) is 9.59 Å². The Hall–Kier alpha value is -3.05. The first kappa shape index (κ1) is 23.1. The average Bonchev–Trinajstić information content (AvgIpc) is 2.76. The normalized spacial score (nSPS) is 21.0. The number of rotatable bonds is 4. The lowest BCUT2D eigenvalue weighted by Crippen LogP contribution is -2.44. The summed E-state index contributed by atoms with van der Waals surface area (Å²) in [6.45, 7) is 3.32. The molecule has 2 atom stereocenters. The molecule has 1 saturated heterocycles. The second-order valence-corrected chi connectivity index (χ2v) is 10.1. The molecule has 1 fully saturated rings. The van der Waals surface area contributed by atoms with E-state index in [-0.39, 0.29) is 35.3 Å². The fourth-order valence-corrected chi connectivity index (χ4v) is 5.71. The van der Waals surface area contributed by atoms with Crippen LogP contribution in [0.15, 0.2) is 35.2 Å². The van der Waals surface area contributed by atoms with Crippen LogP contribution in [-0.2, 0) is 19.6 Å². The predicted octanol–water partition coefficient (Wildman–Crippen LogP) is 3.03. The van der Waals surface area contributed by atoms with E-state index in [2.05, 4.69) is 10.6 Å². The number of halogens is 2. The number of piperidine rings is 1. The van der Waals surface area contributed by atoms with E-state index in [0.717, 1.165) is 12.1 Å². The number of carbonyl (C=O) groups is 2. The van der Waals surface area contributed by atoms with Crippen LogP contribution in [0.3, 0.4) is 0 Å². The zero-order valence-electron chi connectivity index (χ0n) is 18.0. The second kappa shape index (κ2) is 8.71. The van der Waals surface area contributed by atoms with Gasteiger partial charge >= 0.3 is 0 Å². The lowest BCUT2D eigenvalue weighted by molar-refractivity contribution is -0.123. The van der Waals surface area contributed by atoms with Crippen molar-refractivity contribution in [3.05, 3.63) is 47.5 Å². The highest BCUT2D eigenvalue weighted by Crippen LogP contribution is 2.36. The summed E-state index contributed by atoms with van der Waals surface area (Å²) in [5, 5.41) is 5.10. The van der Waals surface area contributed by atoms with Crippen molar-refractivity contribution in [3.8, 4) is 5.75 Å². The van der Waals surface area contributed by atoms with E-state index in [1.807, 2.05) is 0 Å². The van der Waals surface area contributed by atoms with Crippen LogP contribution in [0.4, 0.5) is 20.2 Å². The van der Waals surface area contributed by atoms with Gasteiger partial charge in [-0.2, -0.15) is 4.31 Å². The lowest BCUT2D eigenvalue weighted by atomic mass is 9.98. The van der Waals surface area contributed by atoms with Crippen molar-refractivity contribution in [1.82, 2.24) is 4.31 Å². The molecule has 2 aromatic rings. The van der Waals surface area contributed by atoms with Gasteiger partial charge in [-0.25, -0.2) is 17.2 Å². The largest absolute Gasteiger partial charge is 0.479 e. The number of amides is 2. The summed E-state index contributed by atoms with van der Waals surface area (Å²) in [7, 11) is -3.97. The molecule has 0 saturated carbocycles. The topological polar surface area (TPSA) is 105 Å². The number of sulfonamides is 1. The number of ether oxygens (including phenoxy) is 1. The van der Waals surface area contributed by atoms with Gasteiger partial charge in [0.25, 0.3) is 5.91 Å². The third-order valence-electron chi connectivity index (χ3n) is 5.77. The number of hydrogen-bond donors (Lipinski definition) is 2. The van der Waals surface area contributed by atoms with E-state index < -0.39 is 39.6 Å². The molecule has 0 aromatic heterocycles. The molecule has 2 amide bonds. The van der Waals surface area contributed by atoms with Crippen molar-refractivity contribution in [2.75, 3.05) is 23.7 Å². The maximum atomic E-state index is 13.9. The molecular formula is C22H23F2N3O5S. The third-order valence-corrected chi connectivity index (χ3v) is 7.78. The van der Waals surface area contributed by atoms with E-state index in [4.69, 9.17) is 4.74 Å². The minimum absolute atomic E-state index is 0.0234. The van der Waals surface area contributed by atoms with Crippen LogP contribution in [0, 0.1) is 24.5 Å². The second-order valence-electron chi connectivity index (χ2n) is 8.18. The summed E-state index contributed by atoms with van der Waals surface area (Å²) in [4.78, 5) is 24.5. The molecule has 33 heavy (non-hydrogen) atoms. The van der Waals surface area contributed by atoms with Crippen LogP contribution in [0.5, 0.6) is 5.75 Å². The van der Waals surface area contributed by atoms with E-state index in [1.54, 1.807) is 13.8 Å². The van der Waals surface area contributed by atoms with Crippen molar-refractivity contribution in [2.24, 2.45) is 5.92 Å². The van der Waals surface area contributed by atoms with Crippen LogP contribution in [-0.4, -0.2) is 43.7 Å². The molecular weight excluding hydrogens is 456 g/mol. The molecule has 2 aliphatic rings. The number of fused-ring (bicyclic) bond motifs is 1. The minimum Gasteiger partial charge on any atom is -0.479 e. The van der Waals surface area contributed by atoms with Crippen LogP contribution >= 0.6 is 0 Å². The van der Waals surface area contributed by atoms with Gasteiger partial charge in [-0.15, -0.1) is 0 Å². The number of aryl methyl sites for hydroxylation is 1. The fraction of sp³-hybridized carbons (Fsp3) is 0.364. The Balaban J connectivity index is 1.54. The van der Waals surface area contributed by atoms with Gasteiger partial charge in [-0.05, 0) is 50.5 Å². The quantitative estimate of drug-likeness (QED) is 0.702. The van der Waals surface area contributed by atoms with Gasteiger partial charge in [-0.1, -0.05) is 0 Å². The molecule has 2 aromatic carbocycles. The molecule has 11 heteroatoms. The Labute approximate surface area is 190 Å². The van der Waals surface area contributed by atoms with E-state index >= 15 is 0 Å². The Morgan fingerprint density at radius 3 is 2.73 bits per heavy atom. The summed E-state index contributed by atoms with van der Waals surface area (Å²) < 4.78 is 60.6. The van der Waals surface area contributed by atoms with Crippen LogP contribution < -0.4 is 15.4 Å². The van der Waals surface area contributed by atoms with Crippen LogP contribution in [0.25, 0.3) is 0 Å². The number of carbonyl (C=O) groups excluding carboxylic acids is 2. The van der Waals surface area contributed by atoms with Gasteiger partial charge < -0.3 is 15.4 Å². The van der Waals surface area contributed by atoms with Crippen molar-refractivity contribution in [3.63, 3.8) is 0 Å². The summed E-state index contributed by atoms with van der Waals surface area (Å²) in [5.74, 6) is -2.98. The van der Waals surface area contributed by atoms with Gasteiger partial charge in [0, 0.05) is 25.2 Å². The van der Waals surface area contributed by atoms with E-state index in [0.29, 0.717) is 30.2 Å². The number of nitrogens with one attached hydrogen (secondary N) is 2. The standard InChI is InChI=1S/C22H23F2N3O5S/c1-12-8-18-19(32-13(2)21(28)26-18)10-20(12)33(30,31)27-7-3-4-14(11-27)22(29)25-17-6-5-15(23)9-16(17)24/h5-6,8-10,13-14H,3-4,7,11H2,1-2H3,(H,25,29)(H,26,28)/t13-,14+/m1/s1. The molecule has 2 aliphatic heterocycles. The number of benzene rings is 2. The zero-order chi connectivity index (χ0) is 23.9. The Morgan fingerprint density at radius 2 is 2.00 bits per heavy atom. The Morgan fingerprint density at radius 1 is 1.24 bits per heavy atom. The van der Waals surface area contributed by atoms with Gasteiger partial charge in [0.1, 0.15) is 17.4 Å². The van der Waals surface area contributed by atoms with E-state index in [9.17, 15) is 26.8 Å². The number of anilines is 2. The SMILES string of the molecule is Cc1cc2c(cc1S(=O)(=O)N1CCC[C@H](C(=O)Nc3ccc(F)cc3F)C1)O[C@H](C)C(=O)N2. The molecule has 176 valence electrons. The summed E-state index contributed by atoms with van der Waals surface area (Å²) in [5.41, 5.74) is 0.652. The Kier molecular flexibility index (Phi) is 6.10. The van der Waals surface area contributed by atoms with Crippen LogP contribution in [0.2, 0.25) is 0 Å². The fourth-order valence-electron chi connectivity index (χ4n) is 3.96. The number of nitrogens with zero attached hydrogens (tertiary/aromatic N) is 1. The maximum Gasteiger partial charge on any atom is 0.265 e. The van der Waals surface area contributed by atoms with Crippen molar-refractivity contribution in [1.29, 1.82) is 0 Å². The molecule has 8 nitrogen and oxygen atoms in total. The molecule has 2 heterocycles. The molecule has 0 spiro atoms. The monoisotopic (exact) mass is 479 g/mol. The van der Waals surface area contributed by atoms with Crippen molar-refractivity contribution in [2.45, 2.75) is 37.7 Å². The first-order valence-corrected chi connectivity index (χ1v) is 11.9. The van der Waals surface area contributed by atoms with Gasteiger partial charge in [0.15, 0.2) is 6.10 Å². The highest BCUT2D eigenvalue weighted by molar-refractivity contribution is 7.89. The third kappa shape index (κ3) is 4.55. The lowest BCUT2D eigenvalue weighted by Gasteiger charge is -2.32. The predicted molar refractivity (Wildman–Crippen MR) is 116 cm³/mol. The summed E-state index contributed by atoms with van der Waals surface area (Å²) in [6.07, 6.45) is 0.110. The maximum absolute atomic E-state index is 13.9. The first-order chi connectivity index (χ1) is 15.6. The molecule has 0 radical (unpaired) electrons. The molecule has 0 aliphatic carbocycles. The zero-order valence-corrected chi connectivity index (χ0v) is 18.8. The van der Waals surface area contributed by atoms with Gasteiger partial charge in [0.05, 0.1) is 22.2 Å². The Bertz CT molecular complexity index is 1230. The summed E-state index contributed by atoms with van der Waals surface area (Å²) >= 11 is 0. The highest BCUT2D eigenvalue weighted by atomic mass is 32.2. The van der Waals surface area contributed by atoms with E-state index in [1.165, 1.54) is 16.4 Å². The molecule has 2 N–H and O–H groups in total. The van der Waals surface area contributed by atoms with Crippen LogP contribution in [0.1, 0.15) is 25.3 Å². The van der Waals surface area contributed by atoms with Gasteiger partial charge in [0.2, 0.25) is 15.9 Å². The number of hydrogen-bond acceptors (Lipinski definition) is 5. The first-order valence-electron chi connectivity index (χ1n) is 10.4. The molecule has 4 rings (SSSR count). The smallest absolute Gasteiger partial charge is 0.265 e. The summed E-state index contributed by atoms with van der Waals surface area (Å²) in [6, 6.07) is 5.74. The minimum atomic E-state index is -3.97. The molecule has 0 unspecified atom stereocenters. The van der Waals surface area contributed by atoms with Crippen molar-refractivity contribution >= 4 is 33.2 Å².